The first-order chi connectivity index (χ1) is 15.5. The van der Waals surface area contributed by atoms with Gasteiger partial charge in [0.15, 0.2) is 0 Å². The van der Waals surface area contributed by atoms with Gasteiger partial charge < -0.3 is 9.47 Å². The van der Waals surface area contributed by atoms with Gasteiger partial charge in [0.1, 0.15) is 0 Å². The van der Waals surface area contributed by atoms with Gasteiger partial charge in [0, 0.05) is 34.6 Å². The summed E-state index contributed by atoms with van der Waals surface area (Å²) in [5, 5.41) is 3.79. The molecule has 2 amide bonds. The number of benzene rings is 2. The molecule has 0 bridgehead atoms. The summed E-state index contributed by atoms with van der Waals surface area (Å²) in [7, 11) is 0. The van der Waals surface area contributed by atoms with Gasteiger partial charge in [-0.1, -0.05) is 43.6 Å². The number of carbonyl (C=O) groups is 2. The molecular weight excluding hydrogens is 490 g/mol. The fraction of sp³-hybridized carbons (Fsp3) is 0.360. The van der Waals surface area contributed by atoms with E-state index >= 15 is 0 Å². The van der Waals surface area contributed by atoms with Crippen molar-refractivity contribution < 1.29 is 11.0 Å². The van der Waals surface area contributed by atoms with Crippen molar-refractivity contribution in [2.24, 2.45) is 0 Å². The van der Waals surface area contributed by atoms with Gasteiger partial charge in [-0.15, -0.1) is 0 Å². The number of rotatable bonds is 9. The van der Waals surface area contributed by atoms with Gasteiger partial charge in [-0.2, -0.15) is 0 Å². The number of carbonyl (C=O) groups excluding carboxylic acids is 2. The fourth-order valence-corrected chi connectivity index (χ4v) is 5.49. The molecule has 2 heterocycles. The van der Waals surface area contributed by atoms with Crippen LogP contribution in [-0.4, -0.2) is 40.9 Å². The zero-order valence-corrected chi connectivity index (χ0v) is 20.7. The summed E-state index contributed by atoms with van der Waals surface area (Å²) < 4.78 is 2.99. The summed E-state index contributed by atoms with van der Waals surface area (Å²) in [6.45, 7) is 8.49. The van der Waals surface area contributed by atoms with E-state index in [2.05, 4.69) is 44.6 Å². The highest BCUT2D eigenvalue weighted by molar-refractivity contribution is 9.10. The lowest BCUT2D eigenvalue weighted by atomic mass is 9.94. The number of hydrogen-bond donors (Lipinski definition) is 1. The van der Waals surface area contributed by atoms with Crippen LogP contribution in [0.2, 0.25) is 5.02 Å². The largest absolute Gasteiger partial charge is 0.346 e. The maximum atomic E-state index is 12.8. The molecule has 0 spiro atoms. The quantitative estimate of drug-likeness (QED) is 0.335. The van der Waals surface area contributed by atoms with Crippen molar-refractivity contribution in [1.29, 1.82) is 0 Å². The lowest BCUT2D eigenvalue weighted by Gasteiger charge is -2.21. The normalized spacial score (nSPS) is 13.3. The van der Waals surface area contributed by atoms with E-state index in [1.807, 2.05) is 30.5 Å². The Hall–Kier alpha value is -2.15. The average molecular weight is 519 g/mol. The molecular formula is C25H29BrClN3O2. The van der Waals surface area contributed by atoms with E-state index in [1.165, 1.54) is 0 Å². The van der Waals surface area contributed by atoms with E-state index in [1.54, 1.807) is 6.07 Å². The Bertz CT molecular complexity index is 1190. The number of imide groups is 1. The summed E-state index contributed by atoms with van der Waals surface area (Å²) in [6, 6.07) is 9.42. The topological polar surface area (TPSA) is 54.3 Å². The van der Waals surface area contributed by atoms with Crippen LogP contribution in [0.1, 0.15) is 55.3 Å². The van der Waals surface area contributed by atoms with E-state index in [0.717, 1.165) is 66.4 Å². The highest BCUT2D eigenvalue weighted by Gasteiger charge is 2.34. The minimum absolute atomic E-state index is 0. The molecule has 32 heavy (non-hydrogen) atoms. The first kappa shape index (κ1) is 23.0. The van der Waals surface area contributed by atoms with Crippen LogP contribution in [0.5, 0.6) is 0 Å². The monoisotopic (exact) mass is 517 g/mol. The fourth-order valence-electron chi connectivity index (χ4n) is 4.61. The predicted octanol–water partition coefficient (Wildman–Crippen LogP) is 6.37. The number of nitrogens with one attached hydrogen (secondary N) is 1. The molecule has 1 N–H and O–H groups in total. The van der Waals surface area contributed by atoms with Crippen LogP contribution in [0, 0.1) is 0 Å². The smallest absolute Gasteiger partial charge is 0.259 e. The molecule has 0 atom stereocenters. The van der Waals surface area contributed by atoms with Gasteiger partial charge in [0.2, 0.25) is 0 Å². The lowest BCUT2D eigenvalue weighted by Crippen LogP contribution is -2.27. The van der Waals surface area contributed by atoms with Crippen LogP contribution in [0.4, 0.5) is 0 Å². The van der Waals surface area contributed by atoms with Crippen molar-refractivity contribution >= 4 is 50.2 Å². The van der Waals surface area contributed by atoms with Crippen LogP contribution in [0.15, 0.2) is 41.0 Å². The van der Waals surface area contributed by atoms with Crippen molar-refractivity contribution in [3.05, 3.63) is 57.2 Å². The van der Waals surface area contributed by atoms with Crippen molar-refractivity contribution in [1.82, 2.24) is 14.8 Å². The Balaban J connectivity index is 0.00000306. The molecule has 1 aliphatic heterocycles. The van der Waals surface area contributed by atoms with E-state index in [-0.39, 0.29) is 13.2 Å². The molecule has 1 aromatic heterocycles. The molecule has 0 unspecified atom stereocenters. The number of fused-ring (bicyclic) bond motifs is 3. The molecule has 0 aliphatic carbocycles. The molecule has 4 rings (SSSR count). The van der Waals surface area contributed by atoms with Crippen LogP contribution in [-0.2, 0) is 6.54 Å². The Morgan fingerprint density at radius 2 is 1.72 bits per heavy atom. The third-order valence-corrected chi connectivity index (χ3v) is 6.85. The summed E-state index contributed by atoms with van der Waals surface area (Å²) in [5.74, 6) is -0.740. The second-order valence-electron chi connectivity index (χ2n) is 8.20. The van der Waals surface area contributed by atoms with Gasteiger partial charge >= 0.3 is 0 Å². The van der Waals surface area contributed by atoms with Crippen LogP contribution in [0.25, 0.3) is 22.0 Å². The number of nitrogens with zero attached hydrogens (tertiary/aromatic N) is 2. The zero-order chi connectivity index (χ0) is 22.8. The predicted molar refractivity (Wildman–Crippen MR) is 136 cm³/mol. The molecule has 0 fully saturated rings. The van der Waals surface area contributed by atoms with E-state index < -0.39 is 0 Å². The number of aryl methyl sites for hydroxylation is 1. The lowest BCUT2D eigenvalue weighted by molar-refractivity contribution is 0.0880. The third kappa shape index (κ3) is 4.24. The molecule has 1 aliphatic rings. The van der Waals surface area contributed by atoms with Gasteiger partial charge in [0.25, 0.3) is 11.8 Å². The maximum Gasteiger partial charge on any atom is 0.259 e. The Labute approximate surface area is 203 Å². The Morgan fingerprint density at radius 1 is 1.03 bits per heavy atom. The maximum absolute atomic E-state index is 12.8. The molecule has 0 radical (unpaired) electrons. The zero-order valence-electron chi connectivity index (χ0n) is 18.4. The minimum Gasteiger partial charge on any atom is -0.346 e. The highest BCUT2D eigenvalue weighted by Crippen LogP contribution is 2.41. The van der Waals surface area contributed by atoms with Crippen molar-refractivity contribution in [3.8, 4) is 11.1 Å². The standard InChI is InChI=1S/C25H27BrClN3O2.H2/c1-3-10-29(11-4-2)12-7-13-30-15-18(26)22-20(30)14-17(16-8-5-6-9-19(16)27)21-23(22)25(32)28-24(21)31;/h5-6,8-9,14-15H,3-4,7,10-13H2,1-2H3,(H,28,31,32);1H. The summed E-state index contributed by atoms with van der Waals surface area (Å²) in [6.07, 6.45) is 5.31. The number of aromatic nitrogens is 1. The van der Waals surface area contributed by atoms with Gasteiger partial charge in [-0.05, 0) is 72.5 Å². The molecule has 5 nitrogen and oxygen atoms in total. The first-order valence-corrected chi connectivity index (χ1v) is 12.3. The van der Waals surface area contributed by atoms with Crippen LogP contribution in [0.3, 0.4) is 0 Å². The molecule has 2 aromatic carbocycles. The third-order valence-electron chi connectivity index (χ3n) is 5.92. The molecule has 0 saturated heterocycles. The molecule has 3 aromatic rings. The summed E-state index contributed by atoms with van der Waals surface area (Å²) in [4.78, 5) is 28.0. The number of halogens is 2. The highest BCUT2D eigenvalue weighted by atomic mass is 79.9. The van der Waals surface area contributed by atoms with Gasteiger partial charge in [-0.3, -0.25) is 14.9 Å². The van der Waals surface area contributed by atoms with E-state index in [4.69, 9.17) is 11.6 Å². The SMILES string of the molecule is CCCN(CCC)CCCn1cc(Br)c2c3c(c(-c4ccccc4Cl)cc21)C(=O)NC3=O.[HH]. The number of amides is 2. The van der Waals surface area contributed by atoms with Crippen molar-refractivity contribution in [2.45, 2.75) is 39.7 Å². The molecule has 170 valence electrons. The van der Waals surface area contributed by atoms with Crippen molar-refractivity contribution in [3.63, 3.8) is 0 Å². The van der Waals surface area contributed by atoms with E-state index in [0.29, 0.717) is 21.7 Å². The minimum atomic E-state index is -0.378. The summed E-state index contributed by atoms with van der Waals surface area (Å²) >= 11 is 10.1. The molecule has 7 heteroatoms. The Morgan fingerprint density at radius 3 is 2.41 bits per heavy atom. The Kier molecular flexibility index (Phi) is 7.03. The second kappa shape index (κ2) is 9.77. The summed E-state index contributed by atoms with van der Waals surface area (Å²) in [5.41, 5.74) is 3.18. The number of hydrogen-bond acceptors (Lipinski definition) is 3. The average Bonchev–Trinajstić information content (AvgIpc) is 3.24. The van der Waals surface area contributed by atoms with Crippen LogP contribution < -0.4 is 5.32 Å². The van der Waals surface area contributed by atoms with Gasteiger partial charge in [-0.25, -0.2) is 0 Å². The van der Waals surface area contributed by atoms with Crippen LogP contribution >= 0.6 is 27.5 Å². The first-order valence-electron chi connectivity index (χ1n) is 11.1. The second-order valence-corrected chi connectivity index (χ2v) is 9.46. The van der Waals surface area contributed by atoms with Gasteiger partial charge in [0.05, 0.1) is 16.6 Å². The molecule has 0 saturated carbocycles. The van der Waals surface area contributed by atoms with E-state index in [9.17, 15) is 9.59 Å². The van der Waals surface area contributed by atoms with Crippen molar-refractivity contribution in [2.75, 3.05) is 19.6 Å².